The van der Waals surface area contributed by atoms with E-state index in [1.807, 2.05) is 18.2 Å². The normalized spacial score (nSPS) is 17.7. The Balaban J connectivity index is 1.20. The van der Waals surface area contributed by atoms with E-state index in [1.165, 1.54) is 27.4 Å². The molecule has 3 aromatic heterocycles. The molecule has 0 atom stereocenters. The molecule has 1 fully saturated rings. The van der Waals surface area contributed by atoms with Crippen LogP contribution in [0.5, 0.6) is 0 Å². The zero-order valence-electron chi connectivity index (χ0n) is 31.3. The Hall–Kier alpha value is -5.06. The highest BCUT2D eigenvalue weighted by molar-refractivity contribution is 6.77. The molecule has 48 heavy (non-hydrogen) atoms. The molecule has 0 amide bonds. The van der Waals surface area contributed by atoms with E-state index >= 15 is 0 Å². The molecule has 0 spiro atoms. The molecule has 10 rings (SSSR count). The van der Waals surface area contributed by atoms with Crippen molar-refractivity contribution in [2.45, 2.75) is 43.9 Å². The van der Waals surface area contributed by atoms with Crippen LogP contribution in [0.15, 0.2) is 127 Å². The quantitative estimate of drug-likeness (QED) is 0.171. The lowest BCUT2D eigenvalue weighted by Crippen LogP contribution is -2.30. The van der Waals surface area contributed by atoms with Crippen molar-refractivity contribution in [3.63, 3.8) is 0 Å². The first-order valence-corrected chi connectivity index (χ1v) is 20.5. The maximum absolute atomic E-state index is 9.54. The summed E-state index contributed by atoms with van der Waals surface area (Å²) in [7, 11) is -1.21. The third kappa shape index (κ3) is 4.05. The lowest BCUT2D eigenvalue weighted by atomic mass is 9.92. The number of hydrogen-bond donors (Lipinski definition) is 0. The molecule has 0 N–H and O–H groups in total. The fourth-order valence-electron chi connectivity index (χ4n) is 8.47. The van der Waals surface area contributed by atoms with Crippen LogP contribution in [0.25, 0.3) is 76.8 Å². The first kappa shape index (κ1) is 24.1. The van der Waals surface area contributed by atoms with E-state index in [9.17, 15) is 1.37 Å². The van der Waals surface area contributed by atoms with Gasteiger partial charge in [0.2, 0.25) is 0 Å². The van der Waals surface area contributed by atoms with Crippen LogP contribution >= 0.6 is 0 Å². The highest BCUT2D eigenvalue weighted by Gasteiger charge is 2.29. The molecule has 1 aliphatic heterocycles. The van der Waals surface area contributed by atoms with Gasteiger partial charge in [-0.1, -0.05) is 85.8 Å². The van der Waals surface area contributed by atoms with Crippen LogP contribution in [0.4, 0.5) is 0 Å². The van der Waals surface area contributed by atoms with E-state index in [1.54, 1.807) is 0 Å². The molecule has 1 saturated heterocycles. The van der Waals surface area contributed by atoms with E-state index in [-0.39, 0.29) is 0 Å². The van der Waals surface area contributed by atoms with Crippen molar-refractivity contribution >= 4 is 73.5 Å². The van der Waals surface area contributed by atoms with Crippen molar-refractivity contribution < 1.29 is 5.48 Å². The van der Waals surface area contributed by atoms with Crippen molar-refractivity contribution in [1.82, 2.24) is 13.7 Å². The average Bonchev–Trinajstić information content (AvgIpc) is 3.78. The lowest BCUT2D eigenvalue weighted by molar-refractivity contribution is 0.602. The van der Waals surface area contributed by atoms with Crippen LogP contribution in [0, 0.1) is 0 Å². The number of para-hydroxylation sites is 3. The van der Waals surface area contributed by atoms with Crippen LogP contribution in [-0.2, 0) is 6.98 Å². The highest BCUT2D eigenvalue weighted by atomic mass is 28.3. The van der Waals surface area contributed by atoms with Crippen molar-refractivity contribution in [3.8, 4) is 11.4 Å². The van der Waals surface area contributed by atoms with Gasteiger partial charge in [0.05, 0.1) is 22.1 Å². The van der Waals surface area contributed by atoms with Crippen LogP contribution in [0.2, 0.25) is 25.2 Å². The Labute approximate surface area is 287 Å². The Kier molecular flexibility index (Phi) is 5.14. The molecule has 0 radical (unpaired) electrons. The molecule has 0 aliphatic carbocycles. The summed E-state index contributed by atoms with van der Waals surface area (Å²) in [5.41, 5.74) is 8.85. The fourth-order valence-corrected chi connectivity index (χ4v) is 10.7. The molecular weight excluding hydrogens is 599 g/mol. The number of fused-ring (bicyclic) bond motifs is 9. The lowest BCUT2D eigenvalue weighted by Gasteiger charge is -2.33. The minimum atomic E-state index is -2.36. The molecule has 3 nitrogen and oxygen atoms in total. The van der Waals surface area contributed by atoms with E-state index in [0.717, 1.165) is 73.4 Å². The number of aryl methyl sites for hydroxylation is 1. The van der Waals surface area contributed by atoms with Gasteiger partial charge in [0.15, 0.2) is 0 Å². The Morgan fingerprint density at radius 3 is 1.48 bits per heavy atom. The first-order valence-electron chi connectivity index (χ1n) is 19.1. The summed E-state index contributed by atoms with van der Waals surface area (Å²) in [6.45, 7) is 2.56. The van der Waals surface area contributed by atoms with Crippen molar-refractivity contribution in [2.24, 2.45) is 6.98 Å². The largest absolute Gasteiger partial charge is 0.344 e. The topological polar surface area (TPSA) is 14.8 Å². The van der Waals surface area contributed by atoms with Gasteiger partial charge in [-0.05, 0) is 91.0 Å². The van der Waals surface area contributed by atoms with Crippen LogP contribution < -0.4 is 0 Å². The average molecular weight is 642 g/mol. The molecule has 0 saturated carbocycles. The predicted molar refractivity (Wildman–Crippen MR) is 208 cm³/mol. The van der Waals surface area contributed by atoms with Gasteiger partial charge in [0.1, 0.15) is 0 Å². The number of aromatic nitrogens is 3. The van der Waals surface area contributed by atoms with Gasteiger partial charge in [0.25, 0.3) is 0 Å². The molecule has 6 aromatic carbocycles. The second kappa shape index (κ2) is 10.2. The Bertz CT molecular complexity index is 2840. The number of rotatable bonds is 3. The van der Waals surface area contributed by atoms with E-state index in [0.29, 0.717) is 11.0 Å². The van der Waals surface area contributed by atoms with Crippen molar-refractivity contribution in [2.75, 3.05) is 0 Å². The monoisotopic (exact) mass is 641 g/mol. The smallest absolute Gasteiger partial charge is 0.0541 e. The van der Waals surface area contributed by atoms with Gasteiger partial charge in [0, 0.05) is 75.3 Å². The summed E-state index contributed by atoms with van der Waals surface area (Å²) >= 11 is 0. The van der Waals surface area contributed by atoms with E-state index in [4.69, 9.17) is 4.11 Å². The van der Waals surface area contributed by atoms with Crippen molar-refractivity contribution in [3.05, 3.63) is 133 Å². The summed E-state index contributed by atoms with van der Waals surface area (Å²) in [6, 6.07) is 46.8. The summed E-state index contributed by atoms with van der Waals surface area (Å²) in [5, 5.41) is 6.48. The third-order valence-corrected chi connectivity index (χ3v) is 14.3. The standard InChI is InChI=1S/C44H39N3Si/c1-45-39-20-17-31(46-41-13-7-4-10-33(41)34-11-5-8-14-42(34)46)27-37(39)38-28-32(18-21-40(38)45)47-43-15-9-6-12-35(43)36-26-30(16-19-44(36)47)29-22-24-48(2,3)25-23-29/h4-21,26-29H,22-25H2,1-3H3/i1D3,29D. The van der Waals surface area contributed by atoms with Gasteiger partial charge in [-0.2, -0.15) is 0 Å². The van der Waals surface area contributed by atoms with Gasteiger partial charge in [-0.25, -0.2) is 0 Å². The summed E-state index contributed by atoms with van der Waals surface area (Å²) in [5.74, 6) is -0.552. The molecule has 1 aliphatic rings. The molecule has 9 aromatic rings. The second-order valence-corrected chi connectivity index (χ2v) is 19.8. The summed E-state index contributed by atoms with van der Waals surface area (Å²) in [6.07, 6.45) is 1.86. The molecule has 234 valence electrons. The molecule has 4 heterocycles. The number of hydrogen-bond acceptors (Lipinski definition) is 0. The van der Waals surface area contributed by atoms with Gasteiger partial charge < -0.3 is 13.7 Å². The van der Waals surface area contributed by atoms with Gasteiger partial charge in [-0.15, -0.1) is 0 Å². The van der Waals surface area contributed by atoms with Crippen molar-refractivity contribution in [1.29, 1.82) is 0 Å². The van der Waals surface area contributed by atoms with E-state index in [2.05, 4.69) is 131 Å². The maximum atomic E-state index is 9.54. The molecule has 0 bridgehead atoms. The zero-order valence-corrected chi connectivity index (χ0v) is 28.3. The minimum absolute atomic E-state index is 0.552. The first-order chi connectivity index (χ1) is 25.0. The van der Waals surface area contributed by atoms with Crippen LogP contribution in [-0.4, -0.2) is 21.8 Å². The molecular formula is C44H39N3Si. The Morgan fingerprint density at radius 2 is 0.958 bits per heavy atom. The fraction of sp³-hybridized carbons (Fsp3) is 0.182. The predicted octanol–water partition coefficient (Wildman–Crippen LogP) is 12.1. The molecule has 4 heteroatoms. The number of benzene rings is 6. The van der Waals surface area contributed by atoms with Gasteiger partial charge in [-0.3, -0.25) is 0 Å². The van der Waals surface area contributed by atoms with Crippen LogP contribution in [0.3, 0.4) is 0 Å². The highest BCUT2D eigenvalue weighted by Crippen LogP contribution is 2.42. The third-order valence-electron chi connectivity index (χ3n) is 11.1. The van der Waals surface area contributed by atoms with E-state index < -0.39 is 20.9 Å². The summed E-state index contributed by atoms with van der Waals surface area (Å²) in [4.78, 5) is 0. The SMILES string of the molecule is [2H]C1(c2ccc3c(c2)c2ccccc2n3-c2ccc3c(c2)c2cc(-n4c5ccccc5c5ccccc54)ccc2n3C([2H])([2H])[2H])CC[Si](C)(C)CC1. The molecule has 0 unspecified atom stereocenters. The second-order valence-electron chi connectivity index (χ2n) is 14.5. The summed E-state index contributed by atoms with van der Waals surface area (Å²) < 4.78 is 41.4. The Morgan fingerprint density at radius 1 is 0.521 bits per heavy atom. The zero-order chi connectivity index (χ0) is 35.6. The maximum Gasteiger partial charge on any atom is 0.0541 e. The minimum Gasteiger partial charge on any atom is -0.344 e. The van der Waals surface area contributed by atoms with Gasteiger partial charge >= 0.3 is 0 Å². The van der Waals surface area contributed by atoms with Crippen LogP contribution in [0.1, 0.15) is 29.8 Å². The number of nitrogens with zero attached hydrogens (tertiary/aromatic N) is 3.